The molecule has 4 rings (SSSR count). The smallest absolute Gasteiger partial charge is 0.394 e. The van der Waals surface area contributed by atoms with Crippen LogP contribution in [-0.2, 0) is 18.3 Å². The van der Waals surface area contributed by atoms with Crippen molar-refractivity contribution in [3.05, 3.63) is 12.7 Å². The zero-order valence-corrected chi connectivity index (χ0v) is 11.9. The van der Waals surface area contributed by atoms with Crippen LogP contribution < -0.4 is 5.73 Å². The quantitative estimate of drug-likeness (QED) is 0.595. The summed E-state index contributed by atoms with van der Waals surface area (Å²) in [7, 11) is -4.16. The highest BCUT2D eigenvalue weighted by atomic mass is 31.2. The first kappa shape index (κ1) is 14.0. The third-order valence-electron chi connectivity index (χ3n) is 3.64. The molecule has 2 aromatic rings. The van der Waals surface area contributed by atoms with Crippen molar-refractivity contribution < 1.29 is 28.3 Å². The lowest BCUT2D eigenvalue weighted by atomic mass is 10.1. The lowest BCUT2D eigenvalue weighted by molar-refractivity contribution is -0.0589. The molecule has 118 valence electrons. The van der Waals surface area contributed by atoms with Gasteiger partial charge in [-0.05, 0) is 0 Å². The molecule has 0 bridgehead atoms. The van der Waals surface area contributed by atoms with E-state index in [1.54, 1.807) is 0 Å². The number of aromatic nitrogens is 4. The second-order valence-electron chi connectivity index (χ2n) is 4.94. The number of aliphatic hydroxyl groups is 1. The minimum atomic E-state index is -4.16. The van der Waals surface area contributed by atoms with Gasteiger partial charge in [-0.15, -0.1) is 0 Å². The van der Waals surface area contributed by atoms with E-state index in [0.29, 0.717) is 11.2 Å². The Morgan fingerprint density at radius 2 is 2.09 bits per heavy atom. The molecule has 2 aromatic heterocycles. The minimum Gasteiger partial charge on any atom is -0.394 e. The van der Waals surface area contributed by atoms with Crippen LogP contribution in [0.1, 0.15) is 6.23 Å². The van der Waals surface area contributed by atoms with Crippen molar-refractivity contribution in [2.24, 2.45) is 0 Å². The van der Waals surface area contributed by atoms with E-state index >= 15 is 0 Å². The lowest BCUT2D eigenvalue weighted by Gasteiger charge is -2.18. The molecule has 0 radical (unpaired) electrons. The fourth-order valence-corrected chi connectivity index (χ4v) is 3.85. The normalized spacial score (nSPS) is 37.7. The van der Waals surface area contributed by atoms with Crippen molar-refractivity contribution in [1.29, 1.82) is 0 Å². The largest absolute Gasteiger partial charge is 0.473 e. The molecule has 0 spiro atoms. The van der Waals surface area contributed by atoms with Gasteiger partial charge in [-0.2, -0.15) is 0 Å². The Bertz CT molecular complexity index is 782. The number of ether oxygens (including phenoxy) is 1. The van der Waals surface area contributed by atoms with Crippen LogP contribution in [0.15, 0.2) is 12.7 Å². The Morgan fingerprint density at radius 1 is 1.32 bits per heavy atom. The van der Waals surface area contributed by atoms with Gasteiger partial charge in [0.05, 0.1) is 12.9 Å². The molecule has 11 nitrogen and oxygen atoms in total. The molecule has 2 fully saturated rings. The fraction of sp³-hybridized carbons (Fsp3) is 0.500. The SMILES string of the molecule is Nc1ncnc2c1ncn2C1O[C@H](CO)[C@H]2OP(=O)(O)O[C@@H]12. The Kier molecular flexibility index (Phi) is 2.98. The summed E-state index contributed by atoms with van der Waals surface area (Å²) in [5.41, 5.74) is 6.49. The summed E-state index contributed by atoms with van der Waals surface area (Å²) in [6.45, 7) is -0.384. The Labute approximate surface area is 123 Å². The molecule has 12 heteroatoms. The fourth-order valence-electron chi connectivity index (χ4n) is 2.71. The van der Waals surface area contributed by atoms with Crippen LogP contribution in [-0.4, -0.2) is 54.4 Å². The summed E-state index contributed by atoms with van der Waals surface area (Å²) >= 11 is 0. The number of hydrogen-bond acceptors (Lipinski definition) is 9. The van der Waals surface area contributed by atoms with Gasteiger partial charge < -0.3 is 20.5 Å². The highest BCUT2D eigenvalue weighted by molar-refractivity contribution is 7.47. The average molecular weight is 329 g/mol. The highest BCUT2D eigenvalue weighted by Gasteiger charge is 2.57. The molecule has 4 heterocycles. The molecule has 22 heavy (non-hydrogen) atoms. The summed E-state index contributed by atoms with van der Waals surface area (Å²) in [6.07, 6.45) is -0.668. The van der Waals surface area contributed by atoms with Crippen molar-refractivity contribution >= 4 is 24.8 Å². The van der Waals surface area contributed by atoms with Gasteiger partial charge in [0, 0.05) is 0 Å². The number of phosphoric acid groups is 1. The number of nitrogens with zero attached hydrogens (tertiary/aromatic N) is 4. The monoisotopic (exact) mass is 329 g/mol. The molecule has 0 saturated carbocycles. The number of imidazole rings is 1. The number of nitrogen functional groups attached to an aromatic ring is 1. The molecule has 2 saturated heterocycles. The molecule has 0 amide bonds. The van der Waals surface area contributed by atoms with Gasteiger partial charge in [-0.1, -0.05) is 0 Å². The third kappa shape index (κ3) is 1.95. The van der Waals surface area contributed by atoms with Crippen LogP contribution >= 0.6 is 7.82 Å². The van der Waals surface area contributed by atoms with Crippen LogP contribution in [0.25, 0.3) is 11.2 Å². The predicted molar refractivity (Wildman–Crippen MR) is 70.3 cm³/mol. The van der Waals surface area contributed by atoms with Crippen molar-refractivity contribution in [1.82, 2.24) is 19.5 Å². The number of rotatable bonds is 2. The molecular formula is C10H12N5O6P. The number of aliphatic hydroxyl groups excluding tert-OH is 1. The predicted octanol–water partition coefficient (Wildman–Crippen LogP) is -0.817. The highest BCUT2D eigenvalue weighted by Crippen LogP contribution is 2.58. The van der Waals surface area contributed by atoms with E-state index < -0.39 is 32.4 Å². The maximum absolute atomic E-state index is 11.6. The van der Waals surface area contributed by atoms with Crippen LogP contribution in [0.2, 0.25) is 0 Å². The van der Waals surface area contributed by atoms with Gasteiger partial charge in [0.25, 0.3) is 0 Å². The number of nitrogens with two attached hydrogens (primary N) is 1. The van der Waals surface area contributed by atoms with Gasteiger partial charge >= 0.3 is 7.82 Å². The van der Waals surface area contributed by atoms with E-state index in [0.717, 1.165) is 0 Å². The summed E-state index contributed by atoms with van der Waals surface area (Å²) in [5.74, 6) is 0.202. The van der Waals surface area contributed by atoms with Crippen molar-refractivity contribution in [3.63, 3.8) is 0 Å². The van der Waals surface area contributed by atoms with Gasteiger partial charge in [-0.25, -0.2) is 19.5 Å². The molecule has 4 N–H and O–H groups in total. The number of anilines is 1. The Balaban J connectivity index is 1.78. The maximum atomic E-state index is 11.6. The number of hydrogen-bond donors (Lipinski definition) is 3. The van der Waals surface area contributed by atoms with E-state index in [-0.39, 0.29) is 12.4 Å². The van der Waals surface area contributed by atoms with Gasteiger partial charge in [0.1, 0.15) is 30.2 Å². The topological polar surface area (TPSA) is 155 Å². The maximum Gasteiger partial charge on any atom is 0.473 e. The average Bonchev–Trinajstić information content (AvgIpc) is 3.10. The van der Waals surface area contributed by atoms with Crippen molar-refractivity contribution in [2.75, 3.05) is 12.3 Å². The zero-order chi connectivity index (χ0) is 15.5. The number of phosphoric ester groups is 1. The van der Waals surface area contributed by atoms with E-state index in [4.69, 9.17) is 19.5 Å². The molecule has 0 aromatic carbocycles. The third-order valence-corrected chi connectivity index (χ3v) is 4.66. The Hall–Kier alpha value is -1.62. The van der Waals surface area contributed by atoms with Crippen LogP contribution in [0, 0.1) is 0 Å². The summed E-state index contributed by atoms with van der Waals surface area (Å²) < 4.78 is 28.8. The molecule has 0 aliphatic carbocycles. The minimum absolute atomic E-state index is 0.202. The molecule has 2 aliphatic rings. The standard InChI is InChI=1S/C10H12N5O6P/c11-8-5-9(13-2-12-8)15(3-14-5)10-7-6(4(1-16)19-10)20-22(17,18)21-7/h2-4,6-7,10,16H,1H2,(H,17,18)(H2,11,12,13)/t4-,6-,7-,10?/m1/s1. The second kappa shape index (κ2) is 4.69. The van der Waals surface area contributed by atoms with Crippen molar-refractivity contribution in [3.8, 4) is 0 Å². The van der Waals surface area contributed by atoms with Gasteiger partial charge in [0.15, 0.2) is 17.7 Å². The van der Waals surface area contributed by atoms with Crippen molar-refractivity contribution in [2.45, 2.75) is 24.5 Å². The summed E-state index contributed by atoms with van der Waals surface area (Å²) in [5, 5.41) is 9.35. The van der Waals surface area contributed by atoms with E-state index in [1.165, 1.54) is 17.2 Å². The van der Waals surface area contributed by atoms with E-state index in [2.05, 4.69) is 15.0 Å². The summed E-state index contributed by atoms with van der Waals surface area (Å²) in [6, 6.07) is 0. The van der Waals surface area contributed by atoms with Crippen LogP contribution in [0.3, 0.4) is 0 Å². The Morgan fingerprint density at radius 3 is 2.86 bits per heavy atom. The number of fused-ring (bicyclic) bond motifs is 2. The van der Waals surface area contributed by atoms with Crippen LogP contribution in [0.4, 0.5) is 5.82 Å². The first-order valence-electron chi connectivity index (χ1n) is 6.39. The second-order valence-corrected chi connectivity index (χ2v) is 6.30. The zero-order valence-electron chi connectivity index (χ0n) is 11.0. The van der Waals surface area contributed by atoms with Gasteiger partial charge in [0.2, 0.25) is 0 Å². The van der Waals surface area contributed by atoms with Gasteiger partial charge in [-0.3, -0.25) is 13.6 Å². The molecule has 5 atom stereocenters. The first-order valence-corrected chi connectivity index (χ1v) is 7.88. The molecule has 2 unspecified atom stereocenters. The first-order chi connectivity index (χ1) is 10.5. The van der Waals surface area contributed by atoms with E-state index in [1.807, 2.05) is 0 Å². The van der Waals surface area contributed by atoms with E-state index in [9.17, 15) is 14.6 Å². The van der Waals surface area contributed by atoms with Crippen LogP contribution in [0.5, 0.6) is 0 Å². The molecular weight excluding hydrogens is 317 g/mol. The summed E-state index contributed by atoms with van der Waals surface area (Å²) in [4.78, 5) is 21.5. The lowest BCUT2D eigenvalue weighted by Crippen LogP contribution is -2.30. The molecule has 2 aliphatic heterocycles.